The van der Waals surface area contributed by atoms with Crippen molar-refractivity contribution in [3.63, 3.8) is 0 Å². The molecule has 3 aliphatic rings. The first-order chi connectivity index (χ1) is 15.6. The van der Waals surface area contributed by atoms with Gasteiger partial charge in [0.2, 0.25) is 0 Å². The van der Waals surface area contributed by atoms with Gasteiger partial charge < -0.3 is 17.3 Å². The average molecular weight is 604 g/mol. The van der Waals surface area contributed by atoms with Crippen molar-refractivity contribution in [1.29, 1.82) is 0 Å². The van der Waals surface area contributed by atoms with Crippen LogP contribution in [0.25, 0.3) is 0 Å². The van der Waals surface area contributed by atoms with Gasteiger partial charge in [0.05, 0.1) is 0 Å². The van der Waals surface area contributed by atoms with Crippen LogP contribution in [-0.2, 0) is 19.5 Å². The van der Waals surface area contributed by atoms with E-state index >= 15 is 0 Å². The number of hydrogen-bond acceptors (Lipinski definition) is 0. The SMILES string of the molecule is C[C@H]1CC[C@H](C)P1c1ccccc1P1[C@@H](C)CC[C@@H]1C.F[B-](F)(F)F.[CH]1[CH]CC[CH][CH]CC1.[Rh+3]. The van der Waals surface area contributed by atoms with E-state index in [1.165, 1.54) is 51.4 Å². The first-order valence-corrected chi connectivity index (χ1v) is 15.4. The first kappa shape index (κ1) is 32.5. The van der Waals surface area contributed by atoms with Crippen LogP contribution in [-0.4, -0.2) is 29.9 Å². The van der Waals surface area contributed by atoms with E-state index in [0.717, 1.165) is 22.6 Å². The van der Waals surface area contributed by atoms with Gasteiger partial charge in [0.15, 0.2) is 0 Å². The molecule has 1 saturated carbocycles. The zero-order chi connectivity index (χ0) is 24.4. The standard InChI is InChI=1S/C18H28P2.C8H12.BF4.Rh/c1-13-9-10-14(2)19(13)17-7-5-6-8-18(17)20-15(3)11-12-16(20)4;1-2-4-6-8-7-5-3-1;2-1(3,4)5;/h5-8,13-16H,9-12H2,1-4H3;1-2,7-8H,3-6H2;;/q;;-1;+3/t13-,14-,15-,16-;;;/m0.../s1. The molecule has 1 aromatic rings. The van der Waals surface area contributed by atoms with E-state index in [0.29, 0.717) is 0 Å². The molecule has 0 amide bonds. The van der Waals surface area contributed by atoms with Crippen molar-refractivity contribution < 1.29 is 36.7 Å². The largest absolute Gasteiger partial charge is 3.00 e. The average Bonchev–Trinajstić information content (AvgIpc) is 3.21. The van der Waals surface area contributed by atoms with Gasteiger partial charge >= 0.3 is 26.7 Å². The number of hydrogen-bond donors (Lipinski definition) is 0. The first-order valence-electron chi connectivity index (χ1n) is 12.4. The maximum absolute atomic E-state index is 9.75. The summed E-state index contributed by atoms with van der Waals surface area (Å²) in [5, 5.41) is 3.57. The molecule has 3 fully saturated rings. The second-order valence-corrected chi connectivity index (χ2v) is 15.6. The summed E-state index contributed by atoms with van der Waals surface area (Å²) in [5.74, 6) is 0. The topological polar surface area (TPSA) is 0 Å². The van der Waals surface area contributed by atoms with Crippen molar-refractivity contribution in [2.45, 2.75) is 102 Å². The smallest absolute Gasteiger partial charge is 0.418 e. The molecular weight excluding hydrogens is 564 g/mol. The van der Waals surface area contributed by atoms with E-state index in [1.54, 1.807) is 10.6 Å². The minimum atomic E-state index is -6.00. The Bertz CT molecular complexity index is 598. The second-order valence-electron chi connectivity index (χ2n) is 9.45. The Balaban J connectivity index is 0.000000343. The molecule has 4 rings (SSSR count). The summed E-state index contributed by atoms with van der Waals surface area (Å²) in [6.07, 6.45) is 19.8. The third kappa shape index (κ3) is 11.3. The van der Waals surface area contributed by atoms with Crippen LogP contribution in [0.5, 0.6) is 0 Å². The fourth-order valence-corrected chi connectivity index (χ4v) is 12.3. The zero-order valence-electron chi connectivity index (χ0n) is 20.9. The van der Waals surface area contributed by atoms with Gasteiger partial charge in [0.25, 0.3) is 0 Å². The molecule has 0 N–H and O–H groups in total. The number of benzene rings is 1. The van der Waals surface area contributed by atoms with E-state index in [-0.39, 0.29) is 35.3 Å². The van der Waals surface area contributed by atoms with E-state index in [2.05, 4.69) is 77.6 Å². The van der Waals surface area contributed by atoms with Crippen molar-refractivity contribution in [3.8, 4) is 0 Å². The molecule has 192 valence electrons. The predicted octanol–water partition coefficient (Wildman–Crippen LogP) is 8.72. The zero-order valence-corrected chi connectivity index (χ0v) is 24.3. The molecule has 0 spiro atoms. The van der Waals surface area contributed by atoms with Gasteiger partial charge in [-0.1, -0.05) is 67.8 Å². The Morgan fingerprint density at radius 1 is 0.588 bits per heavy atom. The van der Waals surface area contributed by atoms with Crippen molar-refractivity contribution in [2.24, 2.45) is 0 Å². The van der Waals surface area contributed by atoms with Crippen LogP contribution >= 0.6 is 15.8 Å². The molecule has 1 aromatic carbocycles. The molecule has 0 bridgehead atoms. The Labute approximate surface area is 221 Å². The van der Waals surface area contributed by atoms with Gasteiger partial charge in [0, 0.05) is 0 Å². The summed E-state index contributed by atoms with van der Waals surface area (Å²) < 4.78 is 39.0. The van der Waals surface area contributed by atoms with Crippen LogP contribution in [0.15, 0.2) is 24.3 Å². The third-order valence-corrected chi connectivity index (χ3v) is 13.6. The summed E-state index contributed by atoms with van der Waals surface area (Å²) in [7, 11) is -5.84. The predicted molar refractivity (Wildman–Crippen MR) is 142 cm³/mol. The molecule has 0 unspecified atom stereocenters. The van der Waals surface area contributed by atoms with Gasteiger partial charge in [-0.25, -0.2) is 0 Å². The molecule has 2 saturated heterocycles. The van der Waals surface area contributed by atoms with Gasteiger partial charge in [-0.05, 0) is 110 Å². The molecule has 4 atom stereocenters. The minimum Gasteiger partial charge on any atom is -0.418 e. The van der Waals surface area contributed by atoms with Crippen LogP contribution in [0.1, 0.15) is 79.1 Å². The van der Waals surface area contributed by atoms with Crippen LogP contribution < -0.4 is 10.6 Å². The molecule has 0 nitrogen and oxygen atoms in total. The summed E-state index contributed by atoms with van der Waals surface area (Å²) in [6.45, 7) is 10.0. The number of rotatable bonds is 2. The van der Waals surface area contributed by atoms with Crippen molar-refractivity contribution in [2.75, 3.05) is 0 Å². The van der Waals surface area contributed by atoms with Gasteiger partial charge in [-0.2, -0.15) is 0 Å². The second kappa shape index (κ2) is 16.4. The quantitative estimate of drug-likeness (QED) is 0.180. The van der Waals surface area contributed by atoms with E-state index < -0.39 is 7.25 Å². The van der Waals surface area contributed by atoms with Crippen molar-refractivity contribution in [1.82, 2.24) is 0 Å². The molecule has 34 heavy (non-hydrogen) atoms. The van der Waals surface area contributed by atoms with Crippen LogP contribution in [0.2, 0.25) is 0 Å². The molecular formula is C26H40BF4P2Rh+2. The van der Waals surface area contributed by atoms with E-state index in [9.17, 15) is 17.3 Å². The van der Waals surface area contributed by atoms with Gasteiger partial charge in [-0.3, -0.25) is 0 Å². The molecule has 2 heterocycles. The normalized spacial score (nSPS) is 28.5. The molecule has 2 aliphatic heterocycles. The Morgan fingerprint density at radius 3 is 1.06 bits per heavy atom. The molecule has 8 heteroatoms. The maximum atomic E-state index is 9.75. The summed E-state index contributed by atoms with van der Waals surface area (Å²) in [4.78, 5) is 0. The summed E-state index contributed by atoms with van der Waals surface area (Å²) >= 11 is 0. The Hall–Kier alpha value is 0.488. The maximum Gasteiger partial charge on any atom is 3.00 e. The van der Waals surface area contributed by atoms with Gasteiger partial charge in [-0.15, -0.1) is 0 Å². The summed E-state index contributed by atoms with van der Waals surface area (Å²) in [5.41, 5.74) is 3.74. The fraction of sp³-hybridized carbons (Fsp3) is 0.615. The van der Waals surface area contributed by atoms with Crippen LogP contribution in [0.4, 0.5) is 17.3 Å². The Kier molecular flexibility index (Phi) is 15.6. The van der Waals surface area contributed by atoms with Crippen molar-refractivity contribution in [3.05, 3.63) is 49.9 Å². The minimum absolute atomic E-state index is 0. The monoisotopic (exact) mass is 604 g/mol. The van der Waals surface area contributed by atoms with Crippen molar-refractivity contribution >= 4 is 33.7 Å². The number of halogens is 4. The van der Waals surface area contributed by atoms with Gasteiger partial charge in [0.1, 0.15) is 0 Å². The van der Waals surface area contributed by atoms with E-state index in [4.69, 9.17) is 0 Å². The van der Waals surface area contributed by atoms with Crippen LogP contribution in [0, 0.1) is 25.7 Å². The van der Waals surface area contributed by atoms with E-state index in [1.807, 2.05) is 0 Å². The Morgan fingerprint density at radius 2 is 0.824 bits per heavy atom. The fourth-order valence-electron chi connectivity index (χ4n) is 5.10. The molecule has 0 aromatic heterocycles. The molecule has 1 aliphatic carbocycles. The molecule has 4 radical (unpaired) electrons. The van der Waals surface area contributed by atoms with Crippen LogP contribution in [0.3, 0.4) is 0 Å². The summed E-state index contributed by atoms with van der Waals surface area (Å²) in [6, 6.07) is 9.55. The third-order valence-electron chi connectivity index (χ3n) is 6.68.